The Bertz CT molecular complexity index is 699. The number of hydrogen-bond donors (Lipinski definition) is 3. The van der Waals surface area contributed by atoms with E-state index in [9.17, 15) is 20.1 Å². The van der Waals surface area contributed by atoms with E-state index in [1.165, 1.54) is 0 Å². The summed E-state index contributed by atoms with van der Waals surface area (Å²) in [4.78, 5) is 11.4. The predicted octanol–water partition coefficient (Wildman–Crippen LogP) is 3.93. The highest BCUT2D eigenvalue weighted by Gasteiger charge is 2.64. The first kappa shape index (κ1) is 23.7. The summed E-state index contributed by atoms with van der Waals surface area (Å²) in [5, 5.41) is 29.7. The van der Waals surface area contributed by atoms with Gasteiger partial charge >= 0.3 is 0 Å². The van der Waals surface area contributed by atoms with E-state index < -0.39 is 11.2 Å². The normalized spacial score (nSPS) is 49.7. The highest BCUT2D eigenvalue weighted by Crippen LogP contribution is 2.69. The average molecular weight is 426 g/mol. The van der Waals surface area contributed by atoms with Crippen LogP contribution in [-0.4, -0.2) is 49.2 Å². The number of rotatable bonds is 5. The Balaban J connectivity index is 1.59. The molecular weight excluding hydrogens is 386 g/mol. The van der Waals surface area contributed by atoms with Gasteiger partial charge in [0.25, 0.3) is 5.97 Å². The third-order valence-electron chi connectivity index (χ3n) is 10.9. The highest BCUT2D eigenvalue weighted by molar-refractivity contribution is 6.49. The van der Waals surface area contributed by atoms with Crippen LogP contribution in [0.5, 0.6) is 0 Å². The van der Waals surface area contributed by atoms with Crippen molar-refractivity contribution < 1.29 is 20.1 Å². The molecule has 3 N–H and O–H groups in total. The standard InChI is InChI=1S/C25H40B2O4/c1-4-16-19-13-15(28)8-10-24(19,3)18-9-11-23(2)14(7-12-25(26,27)22(30)31)5-6-17(23)20(18)21(16)29/h14-21,28-29H,4-13H2,1-3H3,(H,30,31)/t14-,15-,16-,17+,18+,19+,20+,21-,23-,24-/m1/s1. The van der Waals surface area contributed by atoms with Gasteiger partial charge in [0.1, 0.15) is 0 Å². The molecule has 4 aliphatic carbocycles. The molecule has 0 bridgehead atoms. The Hall–Kier alpha value is -0.480. The molecule has 6 heteroatoms. The zero-order chi connectivity index (χ0) is 22.8. The van der Waals surface area contributed by atoms with Crippen molar-refractivity contribution >= 4 is 21.7 Å². The summed E-state index contributed by atoms with van der Waals surface area (Å²) in [6.45, 7) is 7.03. The monoisotopic (exact) mass is 426 g/mol. The fourth-order valence-electron chi connectivity index (χ4n) is 9.06. The second-order valence-corrected chi connectivity index (χ2v) is 12.1. The van der Waals surface area contributed by atoms with Gasteiger partial charge in [0, 0.05) is 0 Å². The number of aliphatic carboxylic acids is 1. The second kappa shape index (κ2) is 8.08. The van der Waals surface area contributed by atoms with Crippen molar-refractivity contribution in [2.75, 3.05) is 0 Å². The quantitative estimate of drug-likeness (QED) is 0.583. The van der Waals surface area contributed by atoms with Crippen LogP contribution in [0.15, 0.2) is 0 Å². The molecule has 0 saturated heterocycles. The van der Waals surface area contributed by atoms with Crippen LogP contribution in [0.1, 0.15) is 85.0 Å². The van der Waals surface area contributed by atoms with Crippen molar-refractivity contribution in [2.24, 2.45) is 46.3 Å². The zero-order valence-corrected chi connectivity index (χ0v) is 19.6. The molecule has 4 saturated carbocycles. The van der Waals surface area contributed by atoms with Gasteiger partial charge < -0.3 is 15.3 Å². The summed E-state index contributed by atoms with van der Waals surface area (Å²) in [6.07, 6.45) is 8.70. The van der Waals surface area contributed by atoms with Gasteiger partial charge in [0.2, 0.25) is 0 Å². The van der Waals surface area contributed by atoms with Crippen LogP contribution in [-0.2, 0) is 4.79 Å². The van der Waals surface area contributed by atoms with Crippen molar-refractivity contribution in [2.45, 2.75) is 102 Å². The van der Waals surface area contributed by atoms with Crippen molar-refractivity contribution in [3.05, 3.63) is 0 Å². The molecule has 0 heterocycles. The molecule has 31 heavy (non-hydrogen) atoms. The van der Waals surface area contributed by atoms with Crippen LogP contribution in [0.25, 0.3) is 0 Å². The molecule has 4 radical (unpaired) electrons. The van der Waals surface area contributed by atoms with Crippen LogP contribution < -0.4 is 0 Å². The zero-order valence-electron chi connectivity index (χ0n) is 19.6. The van der Waals surface area contributed by atoms with Gasteiger partial charge in [0.05, 0.1) is 27.9 Å². The Kier molecular flexibility index (Phi) is 6.17. The van der Waals surface area contributed by atoms with Gasteiger partial charge in [-0.2, -0.15) is 0 Å². The first-order valence-electron chi connectivity index (χ1n) is 12.6. The van der Waals surface area contributed by atoms with Crippen LogP contribution in [0.3, 0.4) is 0 Å². The minimum atomic E-state index is -1.66. The van der Waals surface area contributed by atoms with E-state index in [2.05, 4.69) is 20.8 Å². The fourth-order valence-corrected chi connectivity index (χ4v) is 9.06. The summed E-state index contributed by atoms with van der Waals surface area (Å²) in [5.74, 6) is 1.24. The molecule has 0 aromatic carbocycles. The molecule has 0 aliphatic heterocycles. The predicted molar refractivity (Wildman–Crippen MR) is 123 cm³/mol. The largest absolute Gasteiger partial charge is 0.482 e. The summed E-state index contributed by atoms with van der Waals surface area (Å²) in [7, 11) is 11.7. The minimum absolute atomic E-state index is 0.117. The van der Waals surface area contributed by atoms with Crippen molar-refractivity contribution in [1.82, 2.24) is 0 Å². The lowest BCUT2D eigenvalue weighted by Gasteiger charge is -2.64. The SMILES string of the molecule is [B]C([B])(CC[C@H]1CC[C@H]2[C@@H]3[C@H](O)[C@H](CC)[C@@H]4C[C@H](O)CC[C@]4(C)[C@H]3CC[C@]12C)C(=O)O. The van der Waals surface area contributed by atoms with Crippen LogP contribution in [0.2, 0.25) is 5.21 Å². The van der Waals surface area contributed by atoms with Crippen molar-refractivity contribution in [3.63, 3.8) is 0 Å². The van der Waals surface area contributed by atoms with E-state index >= 15 is 0 Å². The maximum Gasteiger partial charge on any atom is 0.292 e. The lowest BCUT2D eigenvalue weighted by Crippen LogP contribution is -2.62. The van der Waals surface area contributed by atoms with E-state index in [0.717, 1.165) is 57.8 Å². The molecule has 0 aromatic rings. The molecule has 0 unspecified atom stereocenters. The average Bonchev–Trinajstić information content (AvgIpc) is 3.04. The fraction of sp³-hybridized carbons (Fsp3) is 0.960. The van der Waals surface area contributed by atoms with Crippen LogP contribution in [0.4, 0.5) is 0 Å². The molecule has 4 fully saturated rings. The number of carboxylic acids is 1. The lowest BCUT2D eigenvalue weighted by atomic mass is 9.41. The third-order valence-corrected chi connectivity index (χ3v) is 10.9. The smallest absolute Gasteiger partial charge is 0.292 e. The Labute approximate surface area is 190 Å². The summed E-state index contributed by atoms with van der Waals surface area (Å²) >= 11 is 0. The van der Waals surface area contributed by atoms with Gasteiger partial charge in [-0.3, -0.25) is 4.79 Å². The van der Waals surface area contributed by atoms with Gasteiger partial charge in [-0.1, -0.05) is 40.0 Å². The number of aliphatic hydroxyl groups is 2. The Morgan fingerprint density at radius 3 is 2.29 bits per heavy atom. The van der Waals surface area contributed by atoms with E-state index in [1.807, 2.05) is 0 Å². The van der Waals surface area contributed by atoms with Crippen LogP contribution >= 0.6 is 0 Å². The van der Waals surface area contributed by atoms with Gasteiger partial charge in [-0.25, -0.2) is 0 Å². The first-order valence-corrected chi connectivity index (χ1v) is 12.6. The molecule has 170 valence electrons. The summed E-state index contributed by atoms with van der Waals surface area (Å²) in [5.41, 5.74) is 0.322. The topological polar surface area (TPSA) is 77.8 Å². The summed E-state index contributed by atoms with van der Waals surface area (Å²) < 4.78 is 0. The van der Waals surface area contributed by atoms with E-state index in [1.54, 1.807) is 0 Å². The second-order valence-electron chi connectivity index (χ2n) is 12.1. The van der Waals surface area contributed by atoms with E-state index in [-0.39, 0.29) is 29.0 Å². The van der Waals surface area contributed by atoms with Crippen LogP contribution in [0, 0.1) is 46.3 Å². The number of aliphatic hydroxyl groups excluding tert-OH is 2. The third kappa shape index (κ3) is 3.63. The van der Waals surface area contributed by atoms with Crippen molar-refractivity contribution in [3.8, 4) is 0 Å². The molecule has 4 nitrogen and oxygen atoms in total. The molecular formula is C25H40B2O4. The molecule has 10 atom stereocenters. The number of carboxylic acid groups (broad SMARTS) is 1. The molecule has 0 amide bonds. The molecule has 0 aromatic heterocycles. The minimum Gasteiger partial charge on any atom is -0.482 e. The number of carbonyl (C=O) groups is 1. The van der Waals surface area contributed by atoms with Crippen molar-refractivity contribution in [1.29, 1.82) is 0 Å². The molecule has 4 rings (SSSR count). The van der Waals surface area contributed by atoms with Gasteiger partial charge in [-0.15, -0.1) is 0 Å². The van der Waals surface area contributed by atoms with E-state index in [4.69, 9.17) is 15.7 Å². The van der Waals surface area contributed by atoms with Gasteiger partial charge in [-0.05, 0) is 96.5 Å². The van der Waals surface area contributed by atoms with Gasteiger partial charge in [0.15, 0.2) is 0 Å². The lowest BCUT2D eigenvalue weighted by molar-refractivity contribution is -0.202. The maximum atomic E-state index is 11.7. The Morgan fingerprint density at radius 2 is 1.65 bits per heavy atom. The Morgan fingerprint density at radius 1 is 1.00 bits per heavy atom. The first-order chi connectivity index (χ1) is 14.5. The van der Waals surface area contributed by atoms with E-state index in [0.29, 0.717) is 36.0 Å². The highest BCUT2D eigenvalue weighted by atomic mass is 16.4. The summed E-state index contributed by atoms with van der Waals surface area (Å²) in [6, 6.07) is 0. The maximum absolute atomic E-state index is 11.7. The number of fused-ring (bicyclic) bond motifs is 5. The number of hydrogen-bond acceptors (Lipinski definition) is 3. The molecule has 0 spiro atoms. The molecule has 4 aliphatic rings.